The van der Waals surface area contributed by atoms with Crippen molar-refractivity contribution in [1.29, 1.82) is 0 Å². The topological polar surface area (TPSA) is 94.6 Å². The largest absolute Gasteiger partial charge is 0.387 e. The maximum atomic E-state index is 11.0. The number of carbonyl (C=O) groups excluding carboxylic acids is 2. The average Bonchev–Trinajstić information content (AvgIpc) is 2.59. The molecule has 0 bridgehead atoms. The molecule has 0 aliphatic rings. The van der Waals surface area contributed by atoms with Gasteiger partial charge in [0.25, 0.3) is 5.91 Å². The Hall–Kier alpha value is -1.76. The minimum atomic E-state index is -0.744. The monoisotopic (exact) mass is 227 g/mol. The number of hydrogen-bond donors (Lipinski definition) is 1. The zero-order valence-electron chi connectivity index (χ0n) is 7.97. The Morgan fingerprint density at radius 3 is 3.00 bits per heavy atom. The molecule has 6 nitrogen and oxygen atoms in total. The molecule has 0 saturated heterocycles. The van der Waals surface area contributed by atoms with Gasteiger partial charge in [0.2, 0.25) is 0 Å². The van der Waals surface area contributed by atoms with Crippen LogP contribution in [-0.2, 0) is 14.4 Å². The molecule has 0 unspecified atom stereocenters. The fourth-order valence-electron chi connectivity index (χ4n) is 0.822. The van der Waals surface area contributed by atoms with Gasteiger partial charge in [-0.1, -0.05) is 5.16 Å². The summed E-state index contributed by atoms with van der Waals surface area (Å²) in [7, 11) is 0. The summed E-state index contributed by atoms with van der Waals surface area (Å²) in [5, 5.41) is 5.88. The highest BCUT2D eigenvalue weighted by Gasteiger charge is 2.14. The number of nitrogens with two attached hydrogens (primary N) is 1. The van der Waals surface area contributed by atoms with Crippen molar-refractivity contribution in [2.24, 2.45) is 10.9 Å². The lowest BCUT2D eigenvalue weighted by molar-refractivity contribution is -0.113. The minimum absolute atomic E-state index is 0.0822. The second-order valence-corrected chi connectivity index (χ2v) is 3.58. The molecule has 1 amide bonds. The molecule has 1 aromatic rings. The molecule has 0 fully saturated rings. The summed E-state index contributed by atoms with van der Waals surface area (Å²) < 4.78 is 0. The van der Waals surface area contributed by atoms with Gasteiger partial charge in [0, 0.05) is 5.38 Å². The van der Waals surface area contributed by atoms with Crippen LogP contribution in [0.5, 0.6) is 0 Å². The van der Waals surface area contributed by atoms with Crippen LogP contribution in [0.1, 0.15) is 10.7 Å². The average molecular weight is 227 g/mol. The Bertz CT molecular complexity index is 400. The van der Waals surface area contributed by atoms with E-state index in [0.29, 0.717) is 12.0 Å². The van der Waals surface area contributed by atoms with Crippen LogP contribution in [0.3, 0.4) is 0 Å². The van der Waals surface area contributed by atoms with E-state index < -0.39 is 5.91 Å². The van der Waals surface area contributed by atoms with Crippen LogP contribution < -0.4 is 5.73 Å². The van der Waals surface area contributed by atoms with Gasteiger partial charge < -0.3 is 10.6 Å². The van der Waals surface area contributed by atoms with E-state index in [4.69, 9.17) is 5.73 Å². The standard InChI is InChI=1S/C8H9N3O3S/c1-5-10-6(4-15-5)7(8(9)13)11-14-3-2-12/h2,4H,3H2,1H3,(H2,9,13)/b11-7-. The first-order chi connectivity index (χ1) is 7.15. The SMILES string of the molecule is Cc1nc(/C(=N/OCC=O)C(N)=O)cs1. The summed E-state index contributed by atoms with van der Waals surface area (Å²) in [6.45, 7) is 1.57. The maximum Gasteiger partial charge on any atom is 0.273 e. The number of thiazole rings is 1. The van der Waals surface area contributed by atoms with E-state index in [2.05, 4.69) is 15.0 Å². The Labute approximate surface area is 89.7 Å². The number of hydrogen-bond acceptors (Lipinski definition) is 6. The van der Waals surface area contributed by atoms with E-state index in [-0.39, 0.29) is 12.3 Å². The van der Waals surface area contributed by atoms with E-state index >= 15 is 0 Å². The summed E-state index contributed by atoms with van der Waals surface area (Å²) in [4.78, 5) is 29.5. The maximum absolute atomic E-state index is 11.0. The van der Waals surface area contributed by atoms with Crippen molar-refractivity contribution < 1.29 is 14.4 Å². The van der Waals surface area contributed by atoms with Crippen molar-refractivity contribution in [2.45, 2.75) is 6.92 Å². The first-order valence-corrected chi connectivity index (χ1v) is 4.89. The van der Waals surface area contributed by atoms with Crippen molar-refractivity contribution in [3.63, 3.8) is 0 Å². The van der Waals surface area contributed by atoms with Crippen LogP contribution in [0.2, 0.25) is 0 Å². The van der Waals surface area contributed by atoms with E-state index in [1.54, 1.807) is 12.3 Å². The van der Waals surface area contributed by atoms with Gasteiger partial charge in [-0.25, -0.2) is 4.98 Å². The molecule has 0 spiro atoms. The zero-order valence-corrected chi connectivity index (χ0v) is 8.78. The van der Waals surface area contributed by atoms with Crippen LogP contribution in [0.25, 0.3) is 0 Å². The summed E-state index contributed by atoms with van der Waals surface area (Å²) in [6, 6.07) is 0. The second-order valence-electron chi connectivity index (χ2n) is 2.52. The van der Waals surface area contributed by atoms with Crippen molar-refractivity contribution in [1.82, 2.24) is 4.98 Å². The summed E-state index contributed by atoms with van der Waals surface area (Å²) in [5.41, 5.74) is 5.36. The van der Waals surface area contributed by atoms with Crippen LogP contribution in [0, 0.1) is 6.92 Å². The lowest BCUT2D eigenvalue weighted by atomic mass is 10.3. The molecule has 0 saturated carbocycles. The molecule has 7 heteroatoms. The van der Waals surface area contributed by atoms with Crippen molar-refractivity contribution in [3.8, 4) is 0 Å². The first-order valence-electron chi connectivity index (χ1n) is 4.01. The number of amides is 1. The molecule has 1 heterocycles. The fraction of sp³-hybridized carbons (Fsp3) is 0.250. The van der Waals surface area contributed by atoms with Gasteiger partial charge >= 0.3 is 0 Å². The van der Waals surface area contributed by atoms with Gasteiger partial charge in [-0.15, -0.1) is 11.3 Å². The van der Waals surface area contributed by atoms with Gasteiger partial charge in [-0.2, -0.15) is 0 Å². The molecule has 0 aliphatic carbocycles. The molecular formula is C8H9N3O3S. The fourth-order valence-corrected chi connectivity index (χ4v) is 1.42. The summed E-state index contributed by atoms with van der Waals surface area (Å²) in [6.07, 6.45) is 0.522. The van der Waals surface area contributed by atoms with E-state index in [9.17, 15) is 9.59 Å². The third kappa shape index (κ3) is 3.13. The Morgan fingerprint density at radius 1 is 1.80 bits per heavy atom. The molecule has 0 aromatic carbocycles. The second kappa shape index (κ2) is 5.20. The molecule has 15 heavy (non-hydrogen) atoms. The van der Waals surface area contributed by atoms with Gasteiger partial charge in [-0.05, 0) is 6.92 Å². The number of aryl methyl sites for hydroxylation is 1. The van der Waals surface area contributed by atoms with Crippen LogP contribution in [0.4, 0.5) is 0 Å². The lowest BCUT2D eigenvalue weighted by Crippen LogP contribution is -2.25. The molecule has 2 N–H and O–H groups in total. The van der Waals surface area contributed by atoms with E-state index in [1.165, 1.54) is 11.3 Å². The smallest absolute Gasteiger partial charge is 0.273 e. The predicted molar refractivity (Wildman–Crippen MR) is 54.6 cm³/mol. The van der Waals surface area contributed by atoms with E-state index in [1.807, 2.05) is 0 Å². The highest BCUT2D eigenvalue weighted by atomic mass is 32.1. The number of oxime groups is 1. The van der Waals surface area contributed by atoms with Gasteiger partial charge in [0.15, 0.2) is 18.6 Å². The molecule has 1 rings (SSSR count). The van der Waals surface area contributed by atoms with Crippen molar-refractivity contribution in [3.05, 3.63) is 16.1 Å². The Kier molecular flexibility index (Phi) is 3.92. The van der Waals surface area contributed by atoms with Crippen LogP contribution in [0.15, 0.2) is 10.5 Å². The minimum Gasteiger partial charge on any atom is -0.387 e. The van der Waals surface area contributed by atoms with Gasteiger partial charge in [0.05, 0.1) is 5.01 Å². The molecular weight excluding hydrogens is 218 g/mol. The molecule has 1 aromatic heterocycles. The number of rotatable bonds is 5. The molecule has 0 atom stereocenters. The number of aromatic nitrogens is 1. The zero-order chi connectivity index (χ0) is 11.3. The van der Waals surface area contributed by atoms with Gasteiger partial charge in [0.1, 0.15) is 5.69 Å². The van der Waals surface area contributed by atoms with Crippen LogP contribution in [-0.4, -0.2) is 29.5 Å². The summed E-state index contributed by atoms with van der Waals surface area (Å²) >= 11 is 1.36. The summed E-state index contributed by atoms with van der Waals surface area (Å²) in [5.74, 6) is -0.744. The highest BCUT2D eigenvalue weighted by Crippen LogP contribution is 2.09. The van der Waals surface area contributed by atoms with Crippen LogP contribution >= 0.6 is 11.3 Å². The number of primary amides is 1. The Morgan fingerprint density at radius 2 is 2.53 bits per heavy atom. The van der Waals surface area contributed by atoms with Crippen molar-refractivity contribution >= 4 is 29.2 Å². The quantitative estimate of drug-likeness (QED) is 0.327. The predicted octanol–water partition coefficient (Wildman–Crippen LogP) is -0.144. The Balaban J connectivity index is 2.87. The number of carbonyl (C=O) groups is 2. The van der Waals surface area contributed by atoms with Crippen molar-refractivity contribution in [2.75, 3.05) is 6.61 Å². The molecule has 80 valence electrons. The highest BCUT2D eigenvalue weighted by molar-refractivity contribution is 7.09. The lowest BCUT2D eigenvalue weighted by Gasteiger charge is -1.97. The van der Waals surface area contributed by atoms with Gasteiger partial charge in [-0.3, -0.25) is 9.59 Å². The number of nitrogens with zero attached hydrogens (tertiary/aromatic N) is 2. The molecule has 0 radical (unpaired) electrons. The number of aldehydes is 1. The van der Waals surface area contributed by atoms with E-state index in [0.717, 1.165) is 5.01 Å². The first kappa shape index (κ1) is 11.3. The molecule has 0 aliphatic heterocycles. The third-order valence-corrected chi connectivity index (χ3v) is 2.17. The normalized spacial score (nSPS) is 11.1. The third-order valence-electron chi connectivity index (χ3n) is 1.39.